The van der Waals surface area contributed by atoms with E-state index in [-0.39, 0.29) is 95.7 Å². The maximum atomic E-state index is 12.2. The Kier molecular flexibility index (Phi) is 15.7. The number of hydrogen-bond donors (Lipinski definition) is 0. The van der Waals surface area contributed by atoms with E-state index >= 15 is 0 Å². The van der Waals surface area contributed by atoms with Gasteiger partial charge in [-0.15, -0.1) is 0 Å². The Balaban J connectivity index is 0.000000177. The van der Waals surface area contributed by atoms with Gasteiger partial charge in [-0.2, -0.15) is 0 Å². The van der Waals surface area contributed by atoms with Gasteiger partial charge in [0.15, 0.2) is 0 Å². The van der Waals surface area contributed by atoms with E-state index in [0.717, 1.165) is 10.8 Å². The van der Waals surface area contributed by atoms with Crippen LogP contribution in [0, 0.1) is 0 Å². The average Bonchev–Trinajstić information content (AvgIpc) is 3.95. The Labute approximate surface area is 367 Å². The fraction of sp³-hybridized carbons (Fsp3) is 0.375. The molecule has 63 heavy (non-hydrogen) atoms. The Morgan fingerprint density at radius 1 is 0.397 bits per heavy atom. The van der Waals surface area contributed by atoms with Gasteiger partial charge < -0.3 is 0 Å². The lowest BCUT2D eigenvalue weighted by atomic mass is 10.0. The van der Waals surface area contributed by atoms with Gasteiger partial charge in [-0.3, -0.25) is 72.4 Å². The van der Waals surface area contributed by atoms with E-state index in [1.165, 1.54) is 36.7 Å². The van der Waals surface area contributed by atoms with Gasteiger partial charge in [0.1, 0.15) is 0 Å². The van der Waals surface area contributed by atoms with Gasteiger partial charge in [0.05, 0.1) is 28.7 Å². The molecule has 15 heteroatoms. The zero-order valence-electron chi connectivity index (χ0n) is 37.5. The van der Waals surface area contributed by atoms with E-state index in [2.05, 4.69) is 6.58 Å². The van der Waals surface area contributed by atoms with Crippen molar-refractivity contribution in [2.24, 2.45) is 0 Å². The SMILES string of the molecule is C=C1CC(=O)N(C(C)C)C1=O.CC(C)N1C(=O)C=CC1=O.CC(C)N1C(=O)CCC1=O.CC(C)N1C(=O)c2cc3ccccc3cc2C1=O.CC(C)N1C(=O)c2ccccc2C1=O. The maximum absolute atomic E-state index is 12.2. The molecule has 332 valence electrons. The minimum Gasteiger partial charge on any atom is -0.280 e. The van der Waals surface area contributed by atoms with Crippen molar-refractivity contribution in [1.29, 1.82) is 0 Å². The van der Waals surface area contributed by atoms with Gasteiger partial charge >= 0.3 is 0 Å². The van der Waals surface area contributed by atoms with Crippen LogP contribution in [-0.4, -0.2) is 114 Å². The number of carbonyl (C=O) groups excluding carboxylic acids is 10. The number of fused-ring (bicyclic) bond motifs is 3. The van der Waals surface area contributed by atoms with Crippen LogP contribution >= 0.6 is 0 Å². The zero-order chi connectivity index (χ0) is 47.2. The van der Waals surface area contributed by atoms with Crippen LogP contribution in [0.4, 0.5) is 0 Å². The average molecular weight is 862 g/mol. The number of rotatable bonds is 5. The summed E-state index contributed by atoms with van der Waals surface area (Å²) in [7, 11) is 0. The van der Waals surface area contributed by atoms with Crippen molar-refractivity contribution in [3.05, 3.63) is 107 Å². The van der Waals surface area contributed by atoms with E-state index < -0.39 is 0 Å². The minimum absolute atomic E-state index is 0.0278. The Hall–Kier alpha value is -6.90. The third-order valence-corrected chi connectivity index (χ3v) is 10.3. The first kappa shape index (κ1) is 48.8. The van der Waals surface area contributed by atoms with Crippen LogP contribution in [0.3, 0.4) is 0 Å². The fourth-order valence-electron chi connectivity index (χ4n) is 7.33. The summed E-state index contributed by atoms with van der Waals surface area (Å²) >= 11 is 0. The van der Waals surface area contributed by atoms with Gasteiger partial charge in [-0.25, -0.2) is 0 Å². The van der Waals surface area contributed by atoms with Crippen molar-refractivity contribution in [3.8, 4) is 0 Å². The quantitative estimate of drug-likeness (QED) is 0.214. The van der Waals surface area contributed by atoms with Gasteiger partial charge in [0.2, 0.25) is 17.7 Å². The molecule has 0 radical (unpaired) electrons. The minimum atomic E-state index is -0.218. The van der Waals surface area contributed by atoms with E-state index in [1.54, 1.807) is 24.3 Å². The monoisotopic (exact) mass is 861 g/mol. The molecule has 8 rings (SSSR count). The van der Waals surface area contributed by atoms with Crippen LogP contribution < -0.4 is 0 Å². The summed E-state index contributed by atoms with van der Waals surface area (Å²) in [4.78, 5) is 120. The second kappa shape index (κ2) is 20.3. The number of carbonyl (C=O) groups is 10. The van der Waals surface area contributed by atoms with Gasteiger partial charge in [-0.1, -0.05) is 43.0 Å². The van der Waals surface area contributed by atoms with Gasteiger partial charge in [0.25, 0.3) is 41.4 Å². The fourth-order valence-corrected chi connectivity index (χ4v) is 7.33. The smallest absolute Gasteiger partial charge is 0.261 e. The molecule has 3 aromatic rings. The van der Waals surface area contributed by atoms with Crippen LogP contribution in [0.15, 0.2) is 85.0 Å². The third kappa shape index (κ3) is 10.6. The number of amides is 10. The molecule has 0 aliphatic carbocycles. The first-order valence-electron chi connectivity index (χ1n) is 20.8. The molecule has 2 fully saturated rings. The molecule has 5 aliphatic heterocycles. The normalized spacial score (nSPS) is 16.7. The Morgan fingerprint density at radius 3 is 1.00 bits per heavy atom. The second-order valence-corrected chi connectivity index (χ2v) is 16.6. The lowest BCUT2D eigenvalue weighted by molar-refractivity contribution is -0.141. The molecular weight excluding hydrogens is 807 g/mol. The Bertz CT molecular complexity index is 2300. The van der Waals surface area contributed by atoms with Crippen LogP contribution in [0.5, 0.6) is 0 Å². The summed E-state index contributed by atoms with van der Waals surface area (Å²) in [6.07, 6.45) is 3.58. The van der Waals surface area contributed by atoms with Crippen molar-refractivity contribution in [2.45, 2.75) is 119 Å². The van der Waals surface area contributed by atoms with E-state index in [4.69, 9.17) is 0 Å². The van der Waals surface area contributed by atoms with Crippen LogP contribution in [0.1, 0.15) is 130 Å². The first-order chi connectivity index (χ1) is 29.5. The van der Waals surface area contributed by atoms with Crippen LogP contribution in [0.25, 0.3) is 10.8 Å². The lowest BCUT2D eigenvalue weighted by Gasteiger charge is -2.17. The first-order valence-corrected chi connectivity index (χ1v) is 20.8. The molecule has 0 atom stereocenters. The van der Waals surface area contributed by atoms with Gasteiger partial charge in [-0.05, 0) is 104 Å². The number of benzene rings is 3. The standard InChI is InChI=1S/C15H13NO2.C11H11NO2.C8H11NO2.C7H11NO2.C7H9NO2/c1-9(2)16-14(17)12-7-10-5-3-4-6-11(10)8-13(12)15(16)18;1-7(2)12-10(13)8-5-3-4-6-9(8)11(12)14;1-5(2)9-7(10)4-6(3)8(9)11;2*1-5(2)8-6(9)3-4-7(8)10/h3-9H,1-2H3;3-7H,1-2H3;5H,3-4H2,1-2H3;5H,3-4H2,1-2H3;3-5H,1-2H3. The molecule has 3 aromatic carbocycles. The largest absolute Gasteiger partial charge is 0.280 e. The molecule has 15 nitrogen and oxygen atoms in total. The Morgan fingerprint density at radius 2 is 0.730 bits per heavy atom. The molecule has 5 heterocycles. The third-order valence-electron chi connectivity index (χ3n) is 10.3. The topological polar surface area (TPSA) is 187 Å². The molecular formula is C48H55N5O10. The number of imide groups is 5. The van der Waals surface area contributed by atoms with Crippen molar-refractivity contribution < 1.29 is 47.9 Å². The highest BCUT2D eigenvalue weighted by molar-refractivity contribution is 6.23. The second-order valence-electron chi connectivity index (χ2n) is 16.6. The maximum Gasteiger partial charge on any atom is 0.261 e. The molecule has 0 N–H and O–H groups in total. The summed E-state index contributed by atoms with van der Waals surface area (Å²) in [5.41, 5.74) is 2.49. The predicted molar refractivity (Wildman–Crippen MR) is 235 cm³/mol. The lowest BCUT2D eigenvalue weighted by Crippen LogP contribution is -2.36. The summed E-state index contributed by atoms with van der Waals surface area (Å²) in [6, 6.07) is 18.1. The highest BCUT2D eigenvalue weighted by atomic mass is 16.2. The molecule has 5 aliphatic rings. The van der Waals surface area contributed by atoms with Crippen molar-refractivity contribution in [3.63, 3.8) is 0 Å². The highest BCUT2D eigenvalue weighted by Crippen LogP contribution is 2.29. The molecule has 0 aromatic heterocycles. The predicted octanol–water partition coefficient (Wildman–Crippen LogP) is 6.11. The number of likely N-dealkylation sites (tertiary alicyclic amines) is 2. The van der Waals surface area contributed by atoms with Gasteiger partial charge in [0, 0.05) is 60.8 Å². The highest BCUT2D eigenvalue weighted by Gasteiger charge is 2.38. The van der Waals surface area contributed by atoms with Crippen molar-refractivity contribution >= 4 is 69.8 Å². The van der Waals surface area contributed by atoms with Crippen LogP contribution in [-0.2, 0) is 28.8 Å². The summed E-state index contributed by atoms with van der Waals surface area (Å²) < 4.78 is 0. The molecule has 10 amide bonds. The van der Waals surface area contributed by atoms with Crippen molar-refractivity contribution in [1.82, 2.24) is 24.5 Å². The zero-order valence-corrected chi connectivity index (χ0v) is 37.5. The van der Waals surface area contributed by atoms with E-state index in [9.17, 15) is 47.9 Å². The molecule has 0 bridgehead atoms. The van der Waals surface area contributed by atoms with E-state index in [0.29, 0.717) is 40.7 Å². The summed E-state index contributed by atoms with van der Waals surface area (Å²) in [6.45, 7) is 21.8. The number of hydrogen-bond acceptors (Lipinski definition) is 10. The summed E-state index contributed by atoms with van der Waals surface area (Å²) in [5, 5.41) is 1.98. The van der Waals surface area contributed by atoms with E-state index in [1.807, 2.05) is 106 Å². The van der Waals surface area contributed by atoms with Crippen LogP contribution in [0.2, 0.25) is 0 Å². The molecule has 0 unspecified atom stereocenters. The molecule has 0 saturated carbocycles. The van der Waals surface area contributed by atoms with Crippen molar-refractivity contribution in [2.75, 3.05) is 0 Å². The summed E-state index contributed by atoms with van der Waals surface area (Å²) in [5.74, 6) is -1.55. The molecule has 2 saturated heterocycles. The number of nitrogens with zero attached hydrogens (tertiary/aromatic N) is 5. The molecule has 0 spiro atoms.